The number of benzene rings is 2. The molecule has 2 N–H and O–H groups in total. The summed E-state index contributed by atoms with van der Waals surface area (Å²) in [5, 5.41) is 12.1. The van der Waals surface area contributed by atoms with Gasteiger partial charge in [-0.1, -0.05) is 24.6 Å². The van der Waals surface area contributed by atoms with Crippen LogP contribution in [0.2, 0.25) is 0 Å². The van der Waals surface area contributed by atoms with Crippen molar-refractivity contribution in [1.82, 2.24) is 4.98 Å². The number of carboxylic acid groups (broad SMARTS) is 1. The lowest BCUT2D eigenvalue weighted by Gasteiger charge is -2.25. The number of pyridine rings is 1. The predicted octanol–water partition coefficient (Wildman–Crippen LogP) is 4.72. The zero-order valence-corrected chi connectivity index (χ0v) is 20.6. The van der Waals surface area contributed by atoms with Crippen molar-refractivity contribution in [2.45, 2.75) is 37.5 Å². The molecule has 9 heteroatoms. The highest BCUT2D eigenvalue weighted by molar-refractivity contribution is 7.92. The number of carboxylic acids is 1. The van der Waals surface area contributed by atoms with Gasteiger partial charge in [-0.3, -0.25) is 14.1 Å². The van der Waals surface area contributed by atoms with Crippen LogP contribution < -0.4 is 14.4 Å². The van der Waals surface area contributed by atoms with E-state index in [0.29, 0.717) is 43.9 Å². The Kier molecular flexibility index (Phi) is 9.48. The van der Waals surface area contributed by atoms with Crippen LogP contribution in [0.15, 0.2) is 78.0 Å². The highest BCUT2D eigenvalue weighted by atomic mass is 32.2. The second-order valence-corrected chi connectivity index (χ2v) is 9.97. The van der Waals surface area contributed by atoms with Gasteiger partial charge in [0.15, 0.2) is 0 Å². The summed E-state index contributed by atoms with van der Waals surface area (Å²) < 4.78 is 34.4. The van der Waals surface area contributed by atoms with Crippen LogP contribution in [0.4, 0.5) is 11.4 Å². The van der Waals surface area contributed by atoms with E-state index < -0.39 is 16.0 Å². The Morgan fingerprint density at radius 3 is 2.49 bits per heavy atom. The second-order valence-electron chi connectivity index (χ2n) is 8.11. The van der Waals surface area contributed by atoms with Gasteiger partial charge in [0, 0.05) is 43.7 Å². The zero-order valence-electron chi connectivity index (χ0n) is 19.8. The molecule has 2 aromatic carbocycles. The van der Waals surface area contributed by atoms with E-state index in [1.165, 1.54) is 4.31 Å². The van der Waals surface area contributed by atoms with Crippen LogP contribution in [0, 0.1) is 6.92 Å². The smallest absolute Gasteiger partial charge is 0.303 e. The maximum Gasteiger partial charge on any atom is 0.303 e. The van der Waals surface area contributed by atoms with Gasteiger partial charge >= 0.3 is 5.97 Å². The van der Waals surface area contributed by atoms with Crippen molar-refractivity contribution < 1.29 is 23.1 Å². The maximum atomic E-state index is 13.5. The van der Waals surface area contributed by atoms with Crippen molar-refractivity contribution in [3.05, 3.63) is 78.6 Å². The van der Waals surface area contributed by atoms with Crippen molar-refractivity contribution in [3.63, 3.8) is 0 Å². The van der Waals surface area contributed by atoms with Gasteiger partial charge in [-0.15, -0.1) is 0 Å². The number of aliphatic carboxylic acids is 1. The number of hydrogen-bond donors (Lipinski definition) is 2. The van der Waals surface area contributed by atoms with Gasteiger partial charge in [0.25, 0.3) is 10.0 Å². The van der Waals surface area contributed by atoms with E-state index >= 15 is 0 Å². The molecule has 3 rings (SSSR count). The zero-order chi connectivity index (χ0) is 25.1. The van der Waals surface area contributed by atoms with Gasteiger partial charge in [0.1, 0.15) is 12.4 Å². The Morgan fingerprint density at radius 1 is 1.03 bits per heavy atom. The molecule has 0 amide bonds. The van der Waals surface area contributed by atoms with Gasteiger partial charge in [-0.25, -0.2) is 8.42 Å². The minimum absolute atomic E-state index is 0.0708. The largest absolute Gasteiger partial charge is 0.492 e. The maximum absolute atomic E-state index is 13.5. The molecular formula is C26H31N3O5S. The first kappa shape index (κ1) is 26.0. The number of anilines is 2. The Morgan fingerprint density at radius 2 is 1.77 bits per heavy atom. The molecule has 0 radical (unpaired) electrons. The number of ether oxygens (including phenoxy) is 1. The summed E-state index contributed by atoms with van der Waals surface area (Å²) in [6, 6.07) is 17.5. The van der Waals surface area contributed by atoms with Gasteiger partial charge < -0.3 is 15.2 Å². The lowest BCUT2D eigenvalue weighted by atomic mass is 10.2. The Hall–Kier alpha value is -3.59. The predicted molar refractivity (Wildman–Crippen MR) is 136 cm³/mol. The van der Waals surface area contributed by atoms with Crippen molar-refractivity contribution in [2.24, 2.45) is 0 Å². The fourth-order valence-electron chi connectivity index (χ4n) is 3.61. The van der Waals surface area contributed by atoms with E-state index in [4.69, 9.17) is 9.84 Å². The minimum atomic E-state index is -3.81. The molecule has 8 nitrogen and oxygen atoms in total. The fraction of sp³-hybridized carbons (Fsp3) is 0.308. The van der Waals surface area contributed by atoms with E-state index in [0.717, 1.165) is 11.3 Å². The number of rotatable bonds is 14. The second kappa shape index (κ2) is 12.8. The third kappa shape index (κ3) is 7.99. The molecule has 0 fully saturated rings. The van der Waals surface area contributed by atoms with Crippen molar-refractivity contribution in [1.29, 1.82) is 0 Å². The molecule has 0 saturated heterocycles. The standard InChI is InChI=1S/C26H31N3O5S/c1-21-18-23(20-24(19-21)34-17-15-28-22-11-13-27-14-12-22)29(16-7-3-6-10-26(30)31)35(32,33)25-8-4-2-5-9-25/h2,4-5,8-9,11-14,18-20H,3,6-7,10,15-17H2,1H3,(H,27,28)(H,30,31). The number of nitrogens with one attached hydrogen (secondary N) is 1. The monoisotopic (exact) mass is 497 g/mol. The number of nitrogens with zero attached hydrogens (tertiary/aromatic N) is 2. The van der Waals surface area contributed by atoms with Crippen LogP contribution in [-0.4, -0.2) is 44.2 Å². The first-order chi connectivity index (χ1) is 16.9. The van der Waals surface area contributed by atoms with Crippen molar-refractivity contribution >= 4 is 27.4 Å². The van der Waals surface area contributed by atoms with E-state index in [1.54, 1.807) is 48.8 Å². The molecule has 0 spiro atoms. The summed E-state index contributed by atoms with van der Waals surface area (Å²) in [6.45, 7) is 3.10. The summed E-state index contributed by atoms with van der Waals surface area (Å²) in [4.78, 5) is 15.0. The average Bonchev–Trinajstić information content (AvgIpc) is 2.84. The molecule has 0 aliphatic rings. The lowest BCUT2D eigenvalue weighted by molar-refractivity contribution is -0.137. The molecular weight excluding hydrogens is 466 g/mol. The highest BCUT2D eigenvalue weighted by Crippen LogP contribution is 2.29. The molecule has 1 heterocycles. The Labute approximate surface area is 206 Å². The van der Waals surface area contributed by atoms with Crippen LogP contribution in [0.5, 0.6) is 5.75 Å². The quantitative estimate of drug-likeness (QED) is 0.310. The summed E-state index contributed by atoms with van der Waals surface area (Å²) in [5.41, 5.74) is 2.33. The third-order valence-corrected chi connectivity index (χ3v) is 7.13. The highest BCUT2D eigenvalue weighted by Gasteiger charge is 2.25. The van der Waals surface area contributed by atoms with Gasteiger partial charge in [0.05, 0.1) is 10.6 Å². The van der Waals surface area contributed by atoms with Crippen LogP contribution in [0.3, 0.4) is 0 Å². The van der Waals surface area contributed by atoms with Gasteiger partial charge in [-0.2, -0.15) is 0 Å². The van der Waals surface area contributed by atoms with Crippen LogP contribution >= 0.6 is 0 Å². The molecule has 0 aliphatic carbocycles. The lowest BCUT2D eigenvalue weighted by Crippen LogP contribution is -2.32. The molecule has 0 saturated carbocycles. The van der Waals surface area contributed by atoms with E-state index in [-0.39, 0.29) is 17.9 Å². The summed E-state index contributed by atoms with van der Waals surface area (Å²) >= 11 is 0. The molecule has 1 aromatic heterocycles. The van der Waals surface area contributed by atoms with Crippen molar-refractivity contribution in [3.8, 4) is 5.75 Å². The number of unbranched alkanes of at least 4 members (excludes halogenated alkanes) is 2. The molecule has 0 atom stereocenters. The third-order valence-electron chi connectivity index (χ3n) is 5.29. The SMILES string of the molecule is Cc1cc(OCCNc2ccncc2)cc(N(CCCCCC(=O)O)S(=O)(=O)c2ccccc2)c1. The molecule has 0 aliphatic heterocycles. The van der Waals surface area contributed by atoms with Gasteiger partial charge in [0.2, 0.25) is 0 Å². The van der Waals surface area contributed by atoms with Crippen LogP contribution in [0.1, 0.15) is 31.2 Å². The number of aryl methyl sites for hydroxylation is 1. The van der Waals surface area contributed by atoms with E-state index in [1.807, 2.05) is 31.2 Å². The van der Waals surface area contributed by atoms with Crippen molar-refractivity contribution in [2.75, 3.05) is 29.3 Å². The van der Waals surface area contributed by atoms with Crippen LogP contribution in [-0.2, 0) is 14.8 Å². The molecule has 35 heavy (non-hydrogen) atoms. The first-order valence-electron chi connectivity index (χ1n) is 11.5. The van der Waals surface area contributed by atoms with E-state index in [9.17, 15) is 13.2 Å². The normalized spacial score (nSPS) is 11.1. The fourth-order valence-corrected chi connectivity index (χ4v) is 5.11. The Bertz CT molecular complexity index is 1190. The Balaban J connectivity index is 1.75. The number of hydrogen-bond acceptors (Lipinski definition) is 6. The number of carbonyl (C=O) groups is 1. The van der Waals surface area contributed by atoms with Gasteiger partial charge in [-0.05, 0) is 61.7 Å². The molecule has 0 unspecified atom stereocenters. The van der Waals surface area contributed by atoms with Crippen LogP contribution in [0.25, 0.3) is 0 Å². The summed E-state index contributed by atoms with van der Waals surface area (Å²) in [5.74, 6) is -0.270. The molecule has 3 aromatic rings. The summed E-state index contributed by atoms with van der Waals surface area (Å²) in [6.07, 6.45) is 5.14. The van der Waals surface area contributed by atoms with E-state index in [2.05, 4.69) is 10.3 Å². The molecule has 186 valence electrons. The topological polar surface area (TPSA) is 109 Å². The average molecular weight is 498 g/mol. The number of sulfonamides is 1. The number of aromatic nitrogens is 1. The minimum Gasteiger partial charge on any atom is -0.492 e. The first-order valence-corrected chi connectivity index (χ1v) is 13.0. The summed E-state index contributed by atoms with van der Waals surface area (Å²) in [7, 11) is -3.81. The molecule has 0 bridgehead atoms.